The van der Waals surface area contributed by atoms with Crippen LogP contribution in [0.25, 0.3) is 0 Å². The SMILES string of the molecule is CCCCCCOC[C@@](CCCCOCCC)(COC)COS(=O)(=O)O. The van der Waals surface area contributed by atoms with Gasteiger partial charge in [-0.2, -0.15) is 8.42 Å². The van der Waals surface area contributed by atoms with Crippen LogP contribution >= 0.6 is 0 Å². The predicted octanol–water partition coefficient (Wildman–Crippen LogP) is 3.63. The second-order valence-electron chi connectivity index (χ2n) is 6.81. The molecule has 0 saturated carbocycles. The molecule has 0 unspecified atom stereocenters. The van der Waals surface area contributed by atoms with Crippen LogP contribution in [-0.2, 0) is 28.8 Å². The molecule has 0 aliphatic heterocycles. The molecular weight excluding hydrogens is 360 g/mol. The van der Waals surface area contributed by atoms with Crippen molar-refractivity contribution in [1.29, 1.82) is 0 Å². The fourth-order valence-corrected chi connectivity index (χ4v) is 3.12. The van der Waals surface area contributed by atoms with E-state index in [4.69, 9.17) is 18.8 Å². The fraction of sp³-hybridized carbons (Fsp3) is 1.00. The van der Waals surface area contributed by atoms with E-state index in [-0.39, 0.29) is 6.61 Å². The minimum atomic E-state index is -4.50. The molecule has 0 saturated heterocycles. The fourth-order valence-electron chi connectivity index (χ4n) is 2.72. The largest absolute Gasteiger partial charge is 0.397 e. The Kier molecular flexibility index (Phi) is 15.6. The molecule has 0 aromatic rings. The first-order valence-corrected chi connectivity index (χ1v) is 11.0. The Morgan fingerprint density at radius 1 is 0.808 bits per heavy atom. The van der Waals surface area contributed by atoms with E-state index in [2.05, 4.69) is 18.0 Å². The van der Waals surface area contributed by atoms with Gasteiger partial charge in [0.2, 0.25) is 0 Å². The van der Waals surface area contributed by atoms with Crippen molar-refractivity contribution < 1.29 is 31.4 Å². The Balaban J connectivity index is 4.56. The molecule has 0 radical (unpaired) electrons. The summed E-state index contributed by atoms with van der Waals surface area (Å²) < 4.78 is 52.2. The second kappa shape index (κ2) is 15.8. The topological polar surface area (TPSA) is 91.3 Å². The van der Waals surface area contributed by atoms with Crippen molar-refractivity contribution in [2.24, 2.45) is 5.41 Å². The molecule has 0 bridgehead atoms. The maximum atomic E-state index is 11.0. The summed E-state index contributed by atoms with van der Waals surface area (Å²) in [4.78, 5) is 0. The first-order chi connectivity index (χ1) is 12.4. The van der Waals surface area contributed by atoms with Crippen molar-refractivity contribution in [1.82, 2.24) is 0 Å². The molecule has 0 spiro atoms. The van der Waals surface area contributed by atoms with Crippen LogP contribution in [-0.4, -0.2) is 59.7 Å². The third-order valence-corrected chi connectivity index (χ3v) is 4.52. The van der Waals surface area contributed by atoms with Gasteiger partial charge in [0.15, 0.2) is 0 Å². The van der Waals surface area contributed by atoms with Crippen molar-refractivity contribution in [3.05, 3.63) is 0 Å². The molecule has 0 rings (SSSR count). The normalized spacial score (nSPS) is 14.5. The molecule has 0 aliphatic carbocycles. The van der Waals surface area contributed by atoms with Gasteiger partial charge in [0, 0.05) is 32.3 Å². The smallest absolute Gasteiger partial charge is 0.384 e. The van der Waals surface area contributed by atoms with Crippen LogP contribution in [0.4, 0.5) is 0 Å². The van der Waals surface area contributed by atoms with E-state index in [9.17, 15) is 8.42 Å². The third-order valence-electron chi connectivity index (χ3n) is 4.11. The maximum absolute atomic E-state index is 11.0. The molecule has 0 aliphatic rings. The Bertz CT molecular complexity index is 396. The number of hydrogen-bond donors (Lipinski definition) is 1. The Hall–Kier alpha value is -0.250. The van der Waals surface area contributed by atoms with Gasteiger partial charge in [-0.3, -0.25) is 4.55 Å². The molecule has 8 heteroatoms. The van der Waals surface area contributed by atoms with Crippen LogP contribution < -0.4 is 0 Å². The molecule has 0 aromatic carbocycles. The molecule has 0 fully saturated rings. The van der Waals surface area contributed by atoms with Gasteiger partial charge in [-0.05, 0) is 25.7 Å². The molecule has 1 atom stereocenters. The summed E-state index contributed by atoms with van der Waals surface area (Å²) in [7, 11) is -2.93. The van der Waals surface area contributed by atoms with E-state index in [1.54, 1.807) is 7.11 Å². The standard InChI is InChI=1S/C18H38O7S/c1-4-6-7-9-14-24-16-18(15-22-3,17-25-26(19,20)21)11-8-10-13-23-12-5-2/h4-17H2,1-3H3,(H,19,20,21)/t18-/m1/s1. The zero-order valence-electron chi connectivity index (χ0n) is 16.7. The van der Waals surface area contributed by atoms with Gasteiger partial charge < -0.3 is 14.2 Å². The molecule has 0 aromatic heterocycles. The highest BCUT2D eigenvalue weighted by molar-refractivity contribution is 7.80. The number of ether oxygens (including phenoxy) is 3. The number of methoxy groups -OCH3 is 1. The summed E-state index contributed by atoms with van der Waals surface area (Å²) in [5, 5.41) is 0. The Morgan fingerprint density at radius 2 is 1.50 bits per heavy atom. The summed E-state index contributed by atoms with van der Waals surface area (Å²) in [6.07, 6.45) is 7.79. The van der Waals surface area contributed by atoms with E-state index in [0.29, 0.717) is 32.8 Å². The predicted molar refractivity (Wildman–Crippen MR) is 102 cm³/mol. The zero-order valence-corrected chi connectivity index (χ0v) is 17.5. The van der Waals surface area contributed by atoms with Gasteiger partial charge >= 0.3 is 10.4 Å². The van der Waals surface area contributed by atoms with E-state index < -0.39 is 15.8 Å². The highest BCUT2D eigenvalue weighted by atomic mass is 32.3. The van der Waals surface area contributed by atoms with Crippen molar-refractivity contribution in [2.75, 3.05) is 46.8 Å². The monoisotopic (exact) mass is 398 g/mol. The molecule has 0 heterocycles. The number of unbranched alkanes of at least 4 members (excludes halogenated alkanes) is 4. The molecule has 158 valence electrons. The van der Waals surface area contributed by atoms with Crippen LogP contribution in [0.5, 0.6) is 0 Å². The minimum Gasteiger partial charge on any atom is -0.384 e. The van der Waals surface area contributed by atoms with E-state index in [1.165, 1.54) is 6.42 Å². The highest BCUT2D eigenvalue weighted by Crippen LogP contribution is 2.27. The maximum Gasteiger partial charge on any atom is 0.397 e. The van der Waals surface area contributed by atoms with Crippen molar-refractivity contribution in [3.63, 3.8) is 0 Å². The lowest BCUT2D eigenvalue weighted by atomic mass is 9.85. The van der Waals surface area contributed by atoms with E-state index in [1.807, 2.05) is 0 Å². The van der Waals surface area contributed by atoms with Gasteiger partial charge in [0.05, 0.1) is 19.8 Å². The van der Waals surface area contributed by atoms with Gasteiger partial charge in [0.1, 0.15) is 0 Å². The van der Waals surface area contributed by atoms with E-state index in [0.717, 1.165) is 45.1 Å². The average Bonchev–Trinajstić information content (AvgIpc) is 2.59. The van der Waals surface area contributed by atoms with Crippen LogP contribution in [0.3, 0.4) is 0 Å². The summed E-state index contributed by atoms with van der Waals surface area (Å²) >= 11 is 0. The molecule has 7 nitrogen and oxygen atoms in total. The molecule has 0 amide bonds. The lowest BCUT2D eigenvalue weighted by Gasteiger charge is -2.32. The average molecular weight is 399 g/mol. The van der Waals surface area contributed by atoms with Crippen LogP contribution in [0.1, 0.15) is 65.2 Å². The second-order valence-corrected chi connectivity index (χ2v) is 7.90. The van der Waals surface area contributed by atoms with Gasteiger partial charge in [-0.1, -0.05) is 39.5 Å². The van der Waals surface area contributed by atoms with Crippen molar-refractivity contribution in [2.45, 2.75) is 65.2 Å². The van der Waals surface area contributed by atoms with Crippen LogP contribution in [0, 0.1) is 5.41 Å². The van der Waals surface area contributed by atoms with Crippen LogP contribution in [0.15, 0.2) is 0 Å². The van der Waals surface area contributed by atoms with Gasteiger partial charge in [0.25, 0.3) is 0 Å². The van der Waals surface area contributed by atoms with E-state index >= 15 is 0 Å². The zero-order chi connectivity index (χ0) is 19.7. The molecular formula is C18H38O7S. The van der Waals surface area contributed by atoms with Crippen molar-refractivity contribution in [3.8, 4) is 0 Å². The lowest BCUT2D eigenvalue weighted by Crippen LogP contribution is -2.38. The first kappa shape index (κ1) is 25.8. The van der Waals surface area contributed by atoms with Crippen molar-refractivity contribution >= 4 is 10.4 Å². The molecule has 26 heavy (non-hydrogen) atoms. The Morgan fingerprint density at radius 3 is 2.12 bits per heavy atom. The first-order valence-electron chi connectivity index (χ1n) is 9.65. The summed E-state index contributed by atoms with van der Waals surface area (Å²) in [6.45, 7) is 6.73. The quantitative estimate of drug-likeness (QED) is 0.262. The number of rotatable bonds is 19. The summed E-state index contributed by atoms with van der Waals surface area (Å²) in [6, 6.07) is 0. The lowest BCUT2D eigenvalue weighted by molar-refractivity contribution is -0.0416. The highest BCUT2D eigenvalue weighted by Gasteiger charge is 2.32. The summed E-state index contributed by atoms with van der Waals surface area (Å²) in [5.41, 5.74) is -0.611. The Labute approximate surface area is 159 Å². The van der Waals surface area contributed by atoms with Gasteiger partial charge in [-0.25, -0.2) is 4.18 Å². The third kappa shape index (κ3) is 14.9. The summed E-state index contributed by atoms with van der Waals surface area (Å²) in [5.74, 6) is 0. The van der Waals surface area contributed by atoms with Crippen LogP contribution in [0.2, 0.25) is 0 Å². The van der Waals surface area contributed by atoms with Gasteiger partial charge in [-0.15, -0.1) is 0 Å². The molecule has 1 N–H and O–H groups in total. The number of hydrogen-bond acceptors (Lipinski definition) is 6. The minimum absolute atomic E-state index is 0.162.